The van der Waals surface area contributed by atoms with Crippen LogP contribution in [0, 0.1) is 0 Å². The van der Waals surface area contributed by atoms with E-state index in [1.54, 1.807) is 0 Å². The summed E-state index contributed by atoms with van der Waals surface area (Å²) in [5, 5.41) is -0.124. The third-order valence-corrected chi connectivity index (χ3v) is 6.25. The molecule has 0 aliphatic heterocycles. The van der Waals surface area contributed by atoms with Crippen molar-refractivity contribution in [3.8, 4) is 0 Å². The predicted octanol–water partition coefficient (Wildman–Crippen LogP) is 8.82. The summed E-state index contributed by atoms with van der Waals surface area (Å²) in [5.74, 6) is -4.03. The molecule has 1 unspecified atom stereocenters. The summed E-state index contributed by atoms with van der Waals surface area (Å²) in [7, 11) is 0. The molecular formula is C21H16BrCl2F5O. The first kappa shape index (κ1) is 24.8. The van der Waals surface area contributed by atoms with Crippen LogP contribution in [0.1, 0.15) is 53.7 Å². The summed E-state index contributed by atoms with van der Waals surface area (Å²) < 4.78 is 70.6. The molecule has 2 rings (SSSR count). The molecule has 0 aliphatic rings. The third kappa shape index (κ3) is 5.62. The molecule has 0 spiro atoms. The lowest BCUT2D eigenvalue weighted by Crippen LogP contribution is -2.19. The molecule has 2 aromatic rings. The first-order valence-corrected chi connectivity index (χ1v) is 10.1. The average Bonchev–Trinajstić information content (AvgIpc) is 2.61. The van der Waals surface area contributed by atoms with Crippen LogP contribution in [0.4, 0.5) is 22.0 Å². The zero-order valence-electron chi connectivity index (χ0n) is 16.0. The van der Waals surface area contributed by atoms with Gasteiger partial charge in [0.1, 0.15) is 17.4 Å². The standard InChI is InChI=1S/C21H16BrCl2F5O/c1-10(30)13-5-4-11(6-15(13)20(2,3)26)18(25)9-14(21(27,28)29)12-7-16(23)19(22)17(24)8-12/h4-9,14H,1-3H3/b18-9-. The Bertz CT molecular complexity index is 986. The maximum absolute atomic E-state index is 14.9. The van der Waals surface area contributed by atoms with Crippen molar-refractivity contribution in [2.45, 2.75) is 38.5 Å². The molecule has 0 amide bonds. The Morgan fingerprint density at radius 2 is 1.60 bits per heavy atom. The Kier molecular flexibility index (Phi) is 7.42. The van der Waals surface area contributed by atoms with E-state index in [1.807, 2.05) is 0 Å². The fraction of sp³-hybridized carbons (Fsp3) is 0.286. The maximum Gasteiger partial charge on any atom is 0.399 e. The van der Waals surface area contributed by atoms with E-state index in [2.05, 4.69) is 15.9 Å². The highest BCUT2D eigenvalue weighted by atomic mass is 79.9. The van der Waals surface area contributed by atoms with Gasteiger partial charge in [-0.2, -0.15) is 13.2 Å². The van der Waals surface area contributed by atoms with E-state index >= 15 is 0 Å². The van der Waals surface area contributed by atoms with Crippen molar-refractivity contribution in [3.05, 3.63) is 73.2 Å². The minimum atomic E-state index is -4.85. The highest BCUT2D eigenvalue weighted by Gasteiger charge is 2.40. The van der Waals surface area contributed by atoms with Gasteiger partial charge in [-0.15, -0.1) is 0 Å². The Labute approximate surface area is 189 Å². The number of ketones is 1. The number of carbonyl (C=O) groups excluding carboxylic acids is 1. The minimum Gasteiger partial charge on any atom is -0.294 e. The van der Waals surface area contributed by atoms with Crippen LogP contribution in [0.3, 0.4) is 0 Å². The third-order valence-electron chi connectivity index (χ3n) is 4.35. The predicted molar refractivity (Wildman–Crippen MR) is 113 cm³/mol. The van der Waals surface area contributed by atoms with Crippen LogP contribution in [0.25, 0.3) is 5.83 Å². The molecule has 0 aromatic heterocycles. The second-order valence-electron chi connectivity index (χ2n) is 7.12. The van der Waals surface area contributed by atoms with Gasteiger partial charge in [0.15, 0.2) is 5.78 Å². The van der Waals surface area contributed by atoms with E-state index in [4.69, 9.17) is 23.2 Å². The van der Waals surface area contributed by atoms with Crippen LogP contribution in [0.2, 0.25) is 10.0 Å². The van der Waals surface area contributed by atoms with Gasteiger partial charge >= 0.3 is 6.18 Å². The van der Waals surface area contributed by atoms with Crippen molar-refractivity contribution in [1.82, 2.24) is 0 Å². The van der Waals surface area contributed by atoms with E-state index in [0.717, 1.165) is 24.3 Å². The number of alkyl halides is 4. The fourth-order valence-electron chi connectivity index (χ4n) is 2.87. The van der Waals surface area contributed by atoms with Crippen molar-refractivity contribution in [2.24, 2.45) is 0 Å². The highest BCUT2D eigenvalue weighted by molar-refractivity contribution is 9.10. The molecule has 0 saturated carbocycles. The Hall–Kier alpha value is -1.44. The lowest BCUT2D eigenvalue weighted by Gasteiger charge is -2.20. The summed E-state index contributed by atoms with van der Waals surface area (Å²) in [6.07, 6.45) is -4.48. The molecule has 0 bridgehead atoms. The van der Waals surface area contributed by atoms with Gasteiger partial charge in [0.25, 0.3) is 0 Å². The average molecular weight is 530 g/mol. The van der Waals surface area contributed by atoms with Crippen LogP contribution in [0.5, 0.6) is 0 Å². The molecule has 0 N–H and O–H groups in total. The molecule has 1 nitrogen and oxygen atoms in total. The first-order valence-electron chi connectivity index (χ1n) is 8.56. The molecular weight excluding hydrogens is 514 g/mol. The van der Waals surface area contributed by atoms with Crippen LogP contribution < -0.4 is 0 Å². The summed E-state index contributed by atoms with van der Waals surface area (Å²) in [5.41, 5.74) is -2.74. The van der Waals surface area contributed by atoms with Gasteiger partial charge in [-0.1, -0.05) is 35.3 Å². The van der Waals surface area contributed by atoms with Gasteiger partial charge in [0.2, 0.25) is 0 Å². The molecule has 2 aromatic carbocycles. The van der Waals surface area contributed by atoms with Gasteiger partial charge in [0, 0.05) is 11.1 Å². The van der Waals surface area contributed by atoms with E-state index in [1.165, 1.54) is 26.8 Å². The number of benzene rings is 2. The molecule has 0 saturated heterocycles. The zero-order valence-corrected chi connectivity index (χ0v) is 19.1. The quantitative estimate of drug-likeness (QED) is 0.215. The number of carbonyl (C=O) groups is 1. The van der Waals surface area contributed by atoms with Gasteiger partial charge in [-0.25, -0.2) is 8.78 Å². The largest absolute Gasteiger partial charge is 0.399 e. The van der Waals surface area contributed by atoms with Crippen molar-refractivity contribution in [1.29, 1.82) is 0 Å². The summed E-state index contributed by atoms with van der Waals surface area (Å²) in [6.45, 7) is 3.56. The number of rotatable bonds is 5. The second-order valence-corrected chi connectivity index (χ2v) is 8.73. The number of Topliss-reactive ketones (excluding diaryl/α,β-unsaturated/α-hetero) is 1. The number of hydrogen-bond acceptors (Lipinski definition) is 1. The van der Waals surface area contributed by atoms with E-state index in [9.17, 15) is 26.7 Å². The molecule has 162 valence electrons. The summed E-state index contributed by atoms with van der Waals surface area (Å²) in [4.78, 5) is 11.7. The van der Waals surface area contributed by atoms with E-state index in [-0.39, 0.29) is 36.8 Å². The maximum atomic E-state index is 14.9. The molecule has 30 heavy (non-hydrogen) atoms. The highest BCUT2D eigenvalue weighted by Crippen LogP contribution is 2.42. The molecule has 0 radical (unpaired) electrons. The van der Waals surface area contributed by atoms with Gasteiger partial charge < -0.3 is 0 Å². The lowest BCUT2D eigenvalue weighted by atomic mass is 9.90. The van der Waals surface area contributed by atoms with E-state index < -0.39 is 29.4 Å². The normalized spacial score (nSPS) is 14.0. The second kappa shape index (κ2) is 8.97. The monoisotopic (exact) mass is 528 g/mol. The summed E-state index contributed by atoms with van der Waals surface area (Å²) in [6, 6.07) is 5.44. The molecule has 1 atom stereocenters. The van der Waals surface area contributed by atoms with Crippen LogP contribution in [-0.4, -0.2) is 12.0 Å². The van der Waals surface area contributed by atoms with Crippen LogP contribution in [0.15, 0.2) is 40.9 Å². The minimum absolute atomic E-state index is 0.0258. The molecule has 0 heterocycles. The van der Waals surface area contributed by atoms with Gasteiger partial charge in [0.05, 0.1) is 14.5 Å². The lowest BCUT2D eigenvalue weighted by molar-refractivity contribution is -0.139. The SMILES string of the molecule is CC(=O)c1ccc(/C(F)=C/C(c2cc(Cl)c(Br)c(Cl)c2)C(F)(F)F)cc1C(C)(C)F. The van der Waals surface area contributed by atoms with Gasteiger partial charge in [-0.3, -0.25) is 4.79 Å². The molecule has 0 fully saturated rings. The van der Waals surface area contributed by atoms with Crippen molar-refractivity contribution >= 4 is 50.7 Å². The molecule has 9 heteroatoms. The van der Waals surface area contributed by atoms with Crippen molar-refractivity contribution in [2.75, 3.05) is 0 Å². The van der Waals surface area contributed by atoms with Crippen LogP contribution >= 0.6 is 39.1 Å². The Morgan fingerprint density at radius 3 is 2.03 bits per heavy atom. The Balaban J connectivity index is 2.62. The molecule has 0 aliphatic carbocycles. The number of allylic oxidation sites excluding steroid dienone is 1. The van der Waals surface area contributed by atoms with Crippen molar-refractivity contribution < 1.29 is 26.7 Å². The Morgan fingerprint density at radius 1 is 1.07 bits per heavy atom. The number of halogens is 8. The zero-order chi connectivity index (χ0) is 23.0. The topological polar surface area (TPSA) is 17.1 Å². The van der Waals surface area contributed by atoms with E-state index in [0.29, 0.717) is 6.08 Å². The van der Waals surface area contributed by atoms with Gasteiger partial charge in [-0.05, 0) is 72.1 Å². The summed E-state index contributed by atoms with van der Waals surface area (Å²) >= 11 is 14.8. The smallest absolute Gasteiger partial charge is 0.294 e. The first-order chi connectivity index (χ1) is 13.6. The fourth-order valence-corrected chi connectivity index (χ4v) is 3.60. The number of hydrogen-bond donors (Lipinski definition) is 0. The van der Waals surface area contributed by atoms with Crippen LogP contribution in [-0.2, 0) is 5.67 Å². The van der Waals surface area contributed by atoms with Crippen molar-refractivity contribution in [3.63, 3.8) is 0 Å².